The summed E-state index contributed by atoms with van der Waals surface area (Å²) in [5, 5.41) is 5.60. The van der Waals surface area contributed by atoms with Gasteiger partial charge in [0.1, 0.15) is 0 Å². The third kappa shape index (κ3) is 2.53. The summed E-state index contributed by atoms with van der Waals surface area (Å²) < 4.78 is 0. The molecule has 0 spiro atoms. The molecule has 1 unspecified atom stereocenters. The number of carbonyl (C=O) groups is 1. The Balaban J connectivity index is 2.10. The van der Waals surface area contributed by atoms with Gasteiger partial charge in [-0.05, 0) is 23.8 Å². The van der Waals surface area contributed by atoms with E-state index in [1.807, 2.05) is 0 Å². The smallest absolute Gasteiger partial charge is 0.157 e. The van der Waals surface area contributed by atoms with Crippen LogP contribution in [0.25, 0.3) is 0 Å². The van der Waals surface area contributed by atoms with Crippen molar-refractivity contribution in [2.24, 2.45) is 5.92 Å². The maximum Gasteiger partial charge on any atom is 0.157 e. The van der Waals surface area contributed by atoms with Gasteiger partial charge >= 0.3 is 0 Å². The highest BCUT2D eigenvalue weighted by Crippen LogP contribution is 2.28. The van der Waals surface area contributed by atoms with Gasteiger partial charge in [0, 0.05) is 23.1 Å². The van der Waals surface area contributed by atoms with Crippen molar-refractivity contribution in [3.05, 3.63) is 34.2 Å². The Labute approximate surface area is 100 Å². The molecule has 1 atom stereocenters. The first-order valence-electron chi connectivity index (χ1n) is 5.70. The Morgan fingerprint density at radius 3 is 2.69 bits per heavy atom. The summed E-state index contributed by atoms with van der Waals surface area (Å²) in [6, 6.07) is 4.56. The number of thiophene rings is 1. The number of hydrogen-bond donors (Lipinski definition) is 1. The normalized spacial score (nSPS) is 17.7. The van der Waals surface area contributed by atoms with Crippen LogP contribution in [0.3, 0.4) is 0 Å². The molecule has 0 bridgehead atoms. The molecule has 0 fully saturated rings. The molecule has 1 aliphatic carbocycles. The summed E-state index contributed by atoms with van der Waals surface area (Å²) in [6.07, 6.45) is 3.29. The highest BCUT2D eigenvalue weighted by atomic mass is 32.1. The van der Waals surface area contributed by atoms with Crippen LogP contribution in [0.4, 0.5) is 0 Å². The first-order valence-corrected chi connectivity index (χ1v) is 6.58. The lowest BCUT2D eigenvalue weighted by atomic mass is 10.0. The number of nitrogens with one attached hydrogen (secondary N) is 1. The van der Waals surface area contributed by atoms with Crippen molar-refractivity contribution >= 4 is 17.1 Å². The van der Waals surface area contributed by atoms with Crippen LogP contribution in [0.2, 0.25) is 0 Å². The van der Waals surface area contributed by atoms with Crippen molar-refractivity contribution < 1.29 is 4.79 Å². The van der Waals surface area contributed by atoms with E-state index in [1.54, 1.807) is 17.4 Å². The minimum Gasteiger partial charge on any atom is -0.380 e. The molecule has 0 saturated carbocycles. The number of ketones is 1. The second-order valence-electron chi connectivity index (χ2n) is 4.52. The highest BCUT2D eigenvalue weighted by molar-refractivity contribution is 7.10. The summed E-state index contributed by atoms with van der Waals surface area (Å²) >= 11 is 1.77. The topological polar surface area (TPSA) is 29.1 Å². The average molecular weight is 235 g/mol. The van der Waals surface area contributed by atoms with Gasteiger partial charge in [0.2, 0.25) is 0 Å². The van der Waals surface area contributed by atoms with E-state index in [4.69, 9.17) is 0 Å². The molecule has 1 aliphatic rings. The first-order chi connectivity index (χ1) is 7.66. The molecule has 1 aromatic rings. The number of carbonyl (C=O) groups excluding carboxylic acids is 1. The van der Waals surface area contributed by atoms with Crippen LogP contribution in [0, 0.1) is 5.92 Å². The standard InChI is InChI=1S/C13H17NOS/c1-9(2)13(12-4-3-7-16-12)14-10-5-6-11(15)8-10/h3-4,7-9,13-14H,5-6H2,1-2H3. The van der Waals surface area contributed by atoms with Crippen molar-refractivity contribution in [2.75, 3.05) is 0 Å². The molecule has 0 aliphatic heterocycles. The number of hydrogen-bond acceptors (Lipinski definition) is 3. The quantitative estimate of drug-likeness (QED) is 0.867. The predicted molar refractivity (Wildman–Crippen MR) is 67.4 cm³/mol. The zero-order valence-electron chi connectivity index (χ0n) is 9.69. The summed E-state index contributed by atoms with van der Waals surface area (Å²) in [7, 11) is 0. The molecule has 1 aromatic heterocycles. The summed E-state index contributed by atoms with van der Waals surface area (Å²) in [5.74, 6) is 0.770. The molecule has 0 aromatic carbocycles. The lowest BCUT2D eigenvalue weighted by Gasteiger charge is -2.23. The molecule has 0 saturated heterocycles. The molecule has 3 heteroatoms. The zero-order valence-corrected chi connectivity index (χ0v) is 10.5. The van der Waals surface area contributed by atoms with Gasteiger partial charge in [-0.3, -0.25) is 4.79 Å². The van der Waals surface area contributed by atoms with Gasteiger partial charge in [-0.25, -0.2) is 0 Å². The third-order valence-corrected chi connectivity index (χ3v) is 3.79. The van der Waals surface area contributed by atoms with Crippen LogP contribution < -0.4 is 5.32 Å². The van der Waals surface area contributed by atoms with Crippen LogP contribution in [-0.2, 0) is 4.79 Å². The summed E-state index contributed by atoms with van der Waals surface area (Å²) in [4.78, 5) is 12.5. The van der Waals surface area contributed by atoms with E-state index in [1.165, 1.54) is 4.88 Å². The van der Waals surface area contributed by atoms with Crippen molar-refractivity contribution in [2.45, 2.75) is 32.7 Å². The summed E-state index contributed by atoms with van der Waals surface area (Å²) in [5.41, 5.74) is 1.09. The van der Waals surface area contributed by atoms with Crippen LogP contribution in [-0.4, -0.2) is 5.78 Å². The SMILES string of the molecule is CC(C)C(NC1=CC(=O)CC1)c1cccs1. The number of rotatable bonds is 4. The Kier molecular flexibility index (Phi) is 3.44. The van der Waals surface area contributed by atoms with E-state index in [-0.39, 0.29) is 5.78 Å². The van der Waals surface area contributed by atoms with Crippen molar-refractivity contribution in [3.63, 3.8) is 0 Å². The molecule has 86 valence electrons. The second kappa shape index (κ2) is 4.83. The minimum absolute atomic E-state index is 0.246. The van der Waals surface area contributed by atoms with Gasteiger partial charge in [0.15, 0.2) is 5.78 Å². The average Bonchev–Trinajstić information content (AvgIpc) is 2.84. The molecule has 1 heterocycles. The molecule has 2 nitrogen and oxygen atoms in total. The van der Waals surface area contributed by atoms with Crippen molar-refractivity contribution in [1.29, 1.82) is 0 Å². The molecule has 0 radical (unpaired) electrons. The van der Waals surface area contributed by atoms with Gasteiger partial charge in [-0.2, -0.15) is 0 Å². The maximum atomic E-state index is 11.2. The lowest BCUT2D eigenvalue weighted by Crippen LogP contribution is -2.23. The Bertz CT molecular complexity index is 392. The van der Waals surface area contributed by atoms with E-state index in [0.29, 0.717) is 18.4 Å². The zero-order chi connectivity index (χ0) is 11.5. The maximum absolute atomic E-state index is 11.2. The third-order valence-electron chi connectivity index (χ3n) is 2.83. The highest BCUT2D eigenvalue weighted by Gasteiger charge is 2.20. The molecule has 0 amide bonds. The lowest BCUT2D eigenvalue weighted by molar-refractivity contribution is -0.114. The molecule has 1 N–H and O–H groups in total. The fourth-order valence-corrected chi connectivity index (χ4v) is 2.89. The van der Waals surface area contributed by atoms with Gasteiger partial charge in [-0.1, -0.05) is 19.9 Å². The van der Waals surface area contributed by atoms with E-state index >= 15 is 0 Å². The molecule has 2 rings (SSSR count). The first kappa shape index (κ1) is 11.4. The summed E-state index contributed by atoms with van der Waals surface area (Å²) in [6.45, 7) is 4.41. The largest absolute Gasteiger partial charge is 0.380 e. The fraction of sp³-hybridized carbons (Fsp3) is 0.462. The second-order valence-corrected chi connectivity index (χ2v) is 5.50. The van der Waals surface area contributed by atoms with Gasteiger partial charge < -0.3 is 5.32 Å². The molecular formula is C13H17NOS. The Hall–Kier alpha value is -1.09. The van der Waals surface area contributed by atoms with Crippen molar-refractivity contribution in [3.8, 4) is 0 Å². The molecular weight excluding hydrogens is 218 g/mol. The van der Waals surface area contributed by atoms with E-state index in [9.17, 15) is 4.79 Å². The van der Waals surface area contributed by atoms with Crippen LogP contribution in [0.1, 0.15) is 37.6 Å². The Morgan fingerprint density at radius 1 is 1.38 bits per heavy atom. The van der Waals surface area contributed by atoms with Crippen LogP contribution >= 0.6 is 11.3 Å². The van der Waals surface area contributed by atoms with Gasteiger partial charge in [0.25, 0.3) is 0 Å². The predicted octanol–water partition coefficient (Wildman–Crippen LogP) is 3.28. The van der Waals surface area contributed by atoms with Crippen molar-refractivity contribution in [1.82, 2.24) is 5.32 Å². The fourth-order valence-electron chi connectivity index (χ4n) is 1.94. The van der Waals surface area contributed by atoms with E-state index in [2.05, 4.69) is 36.7 Å². The van der Waals surface area contributed by atoms with Crippen LogP contribution in [0.5, 0.6) is 0 Å². The van der Waals surface area contributed by atoms with E-state index in [0.717, 1.165) is 12.1 Å². The monoisotopic (exact) mass is 235 g/mol. The van der Waals surface area contributed by atoms with Crippen LogP contribution in [0.15, 0.2) is 29.3 Å². The van der Waals surface area contributed by atoms with Gasteiger partial charge in [-0.15, -0.1) is 11.3 Å². The minimum atomic E-state index is 0.246. The van der Waals surface area contributed by atoms with E-state index < -0.39 is 0 Å². The molecule has 16 heavy (non-hydrogen) atoms. The van der Waals surface area contributed by atoms with Gasteiger partial charge in [0.05, 0.1) is 6.04 Å². The Morgan fingerprint density at radius 2 is 2.19 bits per heavy atom. The number of allylic oxidation sites excluding steroid dienone is 2.